The van der Waals surface area contributed by atoms with Gasteiger partial charge < -0.3 is 14.6 Å². The molecule has 2 aromatic carbocycles. The third kappa shape index (κ3) is 5.72. The number of carboxylic acid groups (broad SMARTS) is 1. The van der Waals surface area contributed by atoms with Gasteiger partial charge in [0, 0.05) is 22.4 Å². The zero-order valence-corrected chi connectivity index (χ0v) is 20.5. The first-order valence-electron chi connectivity index (χ1n) is 10.6. The van der Waals surface area contributed by atoms with Gasteiger partial charge in [-0.25, -0.2) is 9.18 Å². The molecule has 1 heterocycles. The van der Waals surface area contributed by atoms with Gasteiger partial charge in [-0.05, 0) is 65.5 Å². The van der Waals surface area contributed by atoms with Crippen LogP contribution < -0.4 is 4.74 Å². The molecule has 4 atom stereocenters. The molecule has 0 aliphatic carbocycles. The number of ether oxygens (including phenoxy) is 2. The number of aliphatic carboxylic acids is 1. The highest BCUT2D eigenvalue weighted by Crippen LogP contribution is 2.50. The van der Waals surface area contributed by atoms with Crippen molar-refractivity contribution >= 4 is 33.5 Å². The van der Waals surface area contributed by atoms with Crippen molar-refractivity contribution in [2.75, 3.05) is 6.61 Å². The van der Waals surface area contributed by atoms with Crippen LogP contribution in [0.5, 0.6) is 5.75 Å². The van der Waals surface area contributed by atoms with E-state index in [2.05, 4.69) is 29.4 Å². The van der Waals surface area contributed by atoms with E-state index in [9.17, 15) is 9.18 Å². The first-order valence-corrected chi connectivity index (χ1v) is 11.8. The Morgan fingerprint density at radius 3 is 2.62 bits per heavy atom. The second kappa shape index (κ2) is 10.8. The van der Waals surface area contributed by atoms with Crippen molar-refractivity contribution in [1.82, 2.24) is 0 Å². The lowest BCUT2D eigenvalue weighted by atomic mass is 9.74. The molecule has 3 rings (SSSR count). The molecule has 0 spiro atoms. The summed E-state index contributed by atoms with van der Waals surface area (Å²) in [5.74, 6) is -1.26. The number of hydrogen-bond donors (Lipinski definition) is 1. The van der Waals surface area contributed by atoms with Crippen molar-refractivity contribution < 1.29 is 23.8 Å². The molecule has 0 unspecified atom stereocenters. The summed E-state index contributed by atoms with van der Waals surface area (Å²) in [7, 11) is 0. The summed E-state index contributed by atoms with van der Waals surface area (Å²) in [6.45, 7) is 7.68. The van der Waals surface area contributed by atoms with Crippen LogP contribution in [0.3, 0.4) is 0 Å². The normalized spacial score (nSPS) is 23.0. The summed E-state index contributed by atoms with van der Waals surface area (Å²) >= 11 is 9.41. The van der Waals surface area contributed by atoms with Gasteiger partial charge >= 0.3 is 5.97 Å². The lowest BCUT2D eigenvalue weighted by Crippen LogP contribution is -2.36. The molecule has 0 aromatic heterocycles. The summed E-state index contributed by atoms with van der Waals surface area (Å²) in [6, 6.07) is 10.4. The fourth-order valence-electron chi connectivity index (χ4n) is 4.37. The molecule has 1 N–H and O–H groups in total. The standard InChI is InChI=1S/C25H27BrClFO4/c1-4-5-22-19(15-6-8-16(27)9-7-15)12-18(14(2)3)24(32-22)20-10-17(28)11-21(26)25(20)31-13-23(29)30/h6-11,18-19,22,24H,2,4-5,12-13H2,1,3H3,(H,29,30)/t18-,19-,22+,24+/m0/s1. The smallest absolute Gasteiger partial charge is 0.341 e. The summed E-state index contributed by atoms with van der Waals surface area (Å²) in [5, 5.41) is 9.76. The Hall–Kier alpha value is -1.89. The summed E-state index contributed by atoms with van der Waals surface area (Å²) in [6.07, 6.45) is 1.90. The molecule has 0 amide bonds. The fraction of sp³-hybridized carbons (Fsp3) is 0.400. The summed E-state index contributed by atoms with van der Waals surface area (Å²) < 4.78 is 27.0. The van der Waals surface area contributed by atoms with Crippen LogP contribution in [-0.2, 0) is 9.53 Å². The Labute approximate surface area is 201 Å². The predicted molar refractivity (Wildman–Crippen MR) is 127 cm³/mol. The lowest BCUT2D eigenvalue weighted by Gasteiger charge is -2.43. The zero-order valence-electron chi connectivity index (χ0n) is 18.1. The quantitative estimate of drug-likeness (QED) is 0.367. The molecule has 2 aromatic rings. The van der Waals surface area contributed by atoms with E-state index >= 15 is 0 Å². The van der Waals surface area contributed by atoms with Gasteiger partial charge in [0.2, 0.25) is 0 Å². The van der Waals surface area contributed by atoms with E-state index in [1.165, 1.54) is 12.1 Å². The Bertz CT molecular complexity index is 979. The van der Waals surface area contributed by atoms with E-state index in [-0.39, 0.29) is 23.7 Å². The molecule has 7 heteroatoms. The highest BCUT2D eigenvalue weighted by atomic mass is 79.9. The Morgan fingerprint density at radius 1 is 1.34 bits per heavy atom. The second-order valence-corrected chi connectivity index (χ2v) is 9.51. The van der Waals surface area contributed by atoms with Gasteiger partial charge in [-0.15, -0.1) is 0 Å². The first-order chi connectivity index (χ1) is 15.2. The van der Waals surface area contributed by atoms with Gasteiger partial charge in [-0.3, -0.25) is 0 Å². The molecule has 0 saturated carbocycles. The van der Waals surface area contributed by atoms with E-state index in [4.69, 9.17) is 26.2 Å². The van der Waals surface area contributed by atoms with Crippen molar-refractivity contribution in [3.63, 3.8) is 0 Å². The minimum Gasteiger partial charge on any atom is -0.480 e. The highest BCUT2D eigenvalue weighted by molar-refractivity contribution is 9.10. The van der Waals surface area contributed by atoms with E-state index in [0.717, 1.165) is 30.4 Å². The minimum atomic E-state index is -1.11. The Balaban J connectivity index is 2.04. The second-order valence-electron chi connectivity index (χ2n) is 8.22. The van der Waals surface area contributed by atoms with Crippen molar-refractivity contribution in [2.24, 2.45) is 5.92 Å². The Kier molecular flexibility index (Phi) is 8.37. The Morgan fingerprint density at radius 2 is 2.03 bits per heavy atom. The summed E-state index contributed by atoms with van der Waals surface area (Å²) in [5.41, 5.74) is 2.54. The van der Waals surface area contributed by atoms with Crippen LogP contribution >= 0.6 is 27.5 Å². The lowest BCUT2D eigenvalue weighted by molar-refractivity contribution is -0.139. The highest BCUT2D eigenvalue weighted by Gasteiger charge is 2.41. The fourth-order valence-corrected chi connectivity index (χ4v) is 5.06. The third-order valence-electron chi connectivity index (χ3n) is 5.83. The van der Waals surface area contributed by atoms with Crippen LogP contribution in [0.2, 0.25) is 5.02 Å². The van der Waals surface area contributed by atoms with Crippen LogP contribution in [-0.4, -0.2) is 23.8 Å². The van der Waals surface area contributed by atoms with Crippen LogP contribution in [0.4, 0.5) is 4.39 Å². The van der Waals surface area contributed by atoms with Crippen LogP contribution in [0, 0.1) is 11.7 Å². The number of rotatable bonds is 8. The molecular formula is C25H27BrClFO4. The van der Waals surface area contributed by atoms with Crippen LogP contribution in [0.25, 0.3) is 0 Å². The van der Waals surface area contributed by atoms with Gasteiger partial charge in [0.25, 0.3) is 0 Å². The number of halogens is 3. The van der Waals surface area contributed by atoms with E-state index in [0.29, 0.717) is 15.1 Å². The maximum atomic E-state index is 14.4. The van der Waals surface area contributed by atoms with Gasteiger partial charge in [-0.1, -0.05) is 49.2 Å². The van der Waals surface area contributed by atoms with Crippen molar-refractivity contribution in [2.45, 2.75) is 51.2 Å². The van der Waals surface area contributed by atoms with Crippen molar-refractivity contribution in [3.05, 3.63) is 75.0 Å². The monoisotopic (exact) mass is 524 g/mol. The van der Waals surface area contributed by atoms with Gasteiger partial charge in [-0.2, -0.15) is 0 Å². The molecule has 32 heavy (non-hydrogen) atoms. The SMILES string of the molecule is C=C(C)[C@@H]1C[C@@H](c2ccc(Cl)cc2)[C@@H](CCC)O[C@H]1c1cc(F)cc(Br)c1OCC(=O)O. The largest absolute Gasteiger partial charge is 0.480 e. The topological polar surface area (TPSA) is 55.8 Å². The molecule has 1 aliphatic heterocycles. The maximum Gasteiger partial charge on any atom is 0.341 e. The number of hydrogen-bond acceptors (Lipinski definition) is 3. The molecule has 1 fully saturated rings. The maximum absolute atomic E-state index is 14.4. The number of carbonyl (C=O) groups is 1. The van der Waals surface area contributed by atoms with Gasteiger partial charge in [0.15, 0.2) is 6.61 Å². The average molecular weight is 526 g/mol. The predicted octanol–water partition coefficient (Wildman–Crippen LogP) is 7.31. The van der Waals surface area contributed by atoms with Crippen LogP contribution in [0.1, 0.15) is 56.3 Å². The van der Waals surface area contributed by atoms with E-state index in [1.807, 2.05) is 31.2 Å². The molecule has 0 radical (unpaired) electrons. The van der Waals surface area contributed by atoms with Gasteiger partial charge in [0.1, 0.15) is 11.6 Å². The zero-order chi connectivity index (χ0) is 23.4. The minimum absolute atomic E-state index is 0.101. The molecule has 1 aliphatic rings. The third-order valence-corrected chi connectivity index (χ3v) is 6.67. The van der Waals surface area contributed by atoms with Crippen molar-refractivity contribution in [3.8, 4) is 5.75 Å². The average Bonchev–Trinajstić information content (AvgIpc) is 2.73. The molecule has 4 nitrogen and oxygen atoms in total. The molecular weight excluding hydrogens is 499 g/mol. The molecule has 1 saturated heterocycles. The molecule has 172 valence electrons. The summed E-state index contributed by atoms with van der Waals surface area (Å²) in [4.78, 5) is 11.1. The van der Waals surface area contributed by atoms with E-state index < -0.39 is 24.5 Å². The van der Waals surface area contributed by atoms with E-state index in [1.54, 1.807) is 0 Å². The first kappa shape index (κ1) is 24.7. The molecule has 0 bridgehead atoms. The number of carboxylic acids is 1. The van der Waals surface area contributed by atoms with Gasteiger partial charge in [0.05, 0.1) is 16.7 Å². The number of benzene rings is 2. The van der Waals surface area contributed by atoms with Crippen molar-refractivity contribution in [1.29, 1.82) is 0 Å². The van der Waals surface area contributed by atoms with Crippen LogP contribution in [0.15, 0.2) is 53.0 Å².